The van der Waals surface area contributed by atoms with Crippen molar-refractivity contribution < 1.29 is 4.74 Å². The van der Waals surface area contributed by atoms with E-state index >= 15 is 0 Å². The van der Waals surface area contributed by atoms with Crippen molar-refractivity contribution in [2.45, 2.75) is 56.6 Å². The second kappa shape index (κ2) is 3.58. The first-order valence-electron chi connectivity index (χ1n) is 5.58. The van der Waals surface area contributed by atoms with Crippen LogP contribution in [0.15, 0.2) is 0 Å². The summed E-state index contributed by atoms with van der Waals surface area (Å²) >= 11 is 0. The molecule has 2 rings (SSSR count). The van der Waals surface area contributed by atoms with Crippen LogP contribution in [0.5, 0.6) is 0 Å². The number of methoxy groups -OCH3 is 1. The first kappa shape index (κ1) is 9.47. The van der Waals surface area contributed by atoms with Crippen LogP contribution in [0.2, 0.25) is 0 Å². The van der Waals surface area contributed by atoms with Crippen molar-refractivity contribution in [1.82, 2.24) is 0 Å². The molecule has 2 aliphatic rings. The molecule has 0 aromatic carbocycles. The summed E-state index contributed by atoms with van der Waals surface area (Å²) in [5, 5.41) is 0. The van der Waals surface area contributed by atoms with Crippen LogP contribution in [-0.2, 0) is 4.74 Å². The summed E-state index contributed by atoms with van der Waals surface area (Å²) in [6.07, 6.45) is 9.35. The standard InChI is InChI=1S/C11H21NO/c1-13-10-6-4-5-9(10)11(12)7-2-3-8-11/h9-10H,2-8,12H2,1H3. The van der Waals surface area contributed by atoms with Gasteiger partial charge in [-0.15, -0.1) is 0 Å². The average Bonchev–Trinajstić information content (AvgIpc) is 2.72. The number of ether oxygens (including phenoxy) is 1. The molecule has 0 radical (unpaired) electrons. The van der Waals surface area contributed by atoms with E-state index in [-0.39, 0.29) is 5.54 Å². The van der Waals surface area contributed by atoms with E-state index in [9.17, 15) is 0 Å². The molecule has 76 valence electrons. The van der Waals surface area contributed by atoms with Crippen LogP contribution >= 0.6 is 0 Å². The van der Waals surface area contributed by atoms with Crippen LogP contribution in [-0.4, -0.2) is 18.8 Å². The van der Waals surface area contributed by atoms with Gasteiger partial charge in [-0.1, -0.05) is 19.3 Å². The maximum Gasteiger partial charge on any atom is 0.0617 e. The fourth-order valence-electron chi connectivity index (χ4n) is 3.27. The van der Waals surface area contributed by atoms with Crippen molar-refractivity contribution in [2.24, 2.45) is 11.7 Å². The molecule has 2 saturated carbocycles. The quantitative estimate of drug-likeness (QED) is 0.711. The lowest BCUT2D eigenvalue weighted by Crippen LogP contribution is -2.48. The van der Waals surface area contributed by atoms with E-state index in [0.29, 0.717) is 12.0 Å². The zero-order valence-electron chi connectivity index (χ0n) is 8.59. The van der Waals surface area contributed by atoms with Crippen LogP contribution in [0.25, 0.3) is 0 Å². The molecule has 2 aliphatic carbocycles. The molecule has 2 unspecified atom stereocenters. The molecule has 0 aromatic heterocycles. The van der Waals surface area contributed by atoms with E-state index in [1.807, 2.05) is 7.11 Å². The SMILES string of the molecule is COC1CCCC1C1(N)CCCC1. The highest BCUT2D eigenvalue weighted by molar-refractivity contribution is 5.00. The smallest absolute Gasteiger partial charge is 0.0617 e. The van der Waals surface area contributed by atoms with Gasteiger partial charge in [-0.05, 0) is 25.7 Å². The van der Waals surface area contributed by atoms with Crippen molar-refractivity contribution in [3.8, 4) is 0 Å². The Morgan fingerprint density at radius 2 is 1.85 bits per heavy atom. The highest BCUT2D eigenvalue weighted by atomic mass is 16.5. The number of hydrogen-bond donors (Lipinski definition) is 1. The summed E-state index contributed by atoms with van der Waals surface area (Å²) in [6, 6.07) is 0. The summed E-state index contributed by atoms with van der Waals surface area (Å²) in [7, 11) is 1.83. The molecule has 2 N–H and O–H groups in total. The third-order valence-corrected chi connectivity index (χ3v) is 4.03. The third-order valence-electron chi connectivity index (χ3n) is 4.03. The van der Waals surface area contributed by atoms with E-state index in [0.717, 1.165) is 0 Å². The second-order valence-electron chi connectivity index (χ2n) is 4.75. The topological polar surface area (TPSA) is 35.2 Å². The lowest BCUT2D eigenvalue weighted by molar-refractivity contribution is 0.0390. The molecule has 0 aliphatic heterocycles. The summed E-state index contributed by atoms with van der Waals surface area (Å²) in [4.78, 5) is 0. The van der Waals surface area contributed by atoms with Gasteiger partial charge < -0.3 is 10.5 Å². The van der Waals surface area contributed by atoms with E-state index in [2.05, 4.69) is 0 Å². The molecule has 0 aromatic rings. The molecule has 13 heavy (non-hydrogen) atoms. The Bertz CT molecular complexity index is 175. The van der Waals surface area contributed by atoms with Gasteiger partial charge in [0.05, 0.1) is 6.10 Å². The predicted molar refractivity (Wildman–Crippen MR) is 53.5 cm³/mol. The van der Waals surface area contributed by atoms with E-state index in [1.165, 1.54) is 44.9 Å². The summed E-state index contributed by atoms with van der Waals surface area (Å²) in [5.74, 6) is 0.639. The lowest BCUT2D eigenvalue weighted by atomic mass is 9.81. The van der Waals surface area contributed by atoms with Gasteiger partial charge in [0.15, 0.2) is 0 Å². The van der Waals surface area contributed by atoms with Crippen LogP contribution < -0.4 is 5.73 Å². The summed E-state index contributed by atoms with van der Waals surface area (Å²) in [6.45, 7) is 0. The van der Waals surface area contributed by atoms with Gasteiger partial charge in [0.2, 0.25) is 0 Å². The van der Waals surface area contributed by atoms with Crippen LogP contribution in [0.3, 0.4) is 0 Å². The first-order valence-corrected chi connectivity index (χ1v) is 5.58. The van der Waals surface area contributed by atoms with E-state index < -0.39 is 0 Å². The monoisotopic (exact) mass is 183 g/mol. The molecule has 0 saturated heterocycles. The minimum Gasteiger partial charge on any atom is -0.381 e. The molecular formula is C11H21NO. The van der Waals surface area contributed by atoms with E-state index in [1.54, 1.807) is 0 Å². The minimum atomic E-state index is 0.122. The minimum absolute atomic E-state index is 0.122. The van der Waals surface area contributed by atoms with E-state index in [4.69, 9.17) is 10.5 Å². The van der Waals surface area contributed by atoms with Crippen molar-refractivity contribution in [2.75, 3.05) is 7.11 Å². The van der Waals surface area contributed by atoms with Gasteiger partial charge in [0, 0.05) is 18.6 Å². The van der Waals surface area contributed by atoms with Crippen LogP contribution in [0.1, 0.15) is 44.9 Å². The maximum atomic E-state index is 6.45. The molecule has 0 spiro atoms. The average molecular weight is 183 g/mol. The molecule has 0 heterocycles. The molecule has 2 atom stereocenters. The number of hydrogen-bond acceptors (Lipinski definition) is 2. The maximum absolute atomic E-state index is 6.45. The number of rotatable bonds is 2. The van der Waals surface area contributed by atoms with Crippen molar-refractivity contribution in [3.63, 3.8) is 0 Å². The van der Waals surface area contributed by atoms with Gasteiger partial charge >= 0.3 is 0 Å². The molecule has 0 amide bonds. The van der Waals surface area contributed by atoms with Gasteiger partial charge in [-0.25, -0.2) is 0 Å². The normalized spacial score (nSPS) is 38.3. The zero-order chi connectivity index (χ0) is 9.31. The fourth-order valence-corrected chi connectivity index (χ4v) is 3.27. The molecule has 2 heteroatoms. The Kier molecular flexibility index (Phi) is 2.61. The van der Waals surface area contributed by atoms with Gasteiger partial charge in [-0.3, -0.25) is 0 Å². The zero-order valence-corrected chi connectivity index (χ0v) is 8.59. The fraction of sp³-hybridized carbons (Fsp3) is 1.00. The highest BCUT2D eigenvalue weighted by Crippen LogP contribution is 2.43. The van der Waals surface area contributed by atoms with Crippen LogP contribution in [0, 0.1) is 5.92 Å². The predicted octanol–water partition coefficient (Wildman–Crippen LogP) is 2.07. The van der Waals surface area contributed by atoms with Crippen molar-refractivity contribution >= 4 is 0 Å². The Morgan fingerprint density at radius 3 is 2.46 bits per heavy atom. The molecule has 2 nitrogen and oxygen atoms in total. The number of nitrogens with two attached hydrogens (primary N) is 1. The Morgan fingerprint density at radius 1 is 1.15 bits per heavy atom. The largest absolute Gasteiger partial charge is 0.381 e. The second-order valence-corrected chi connectivity index (χ2v) is 4.75. The summed E-state index contributed by atoms with van der Waals surface area (Å²) in [5.41, 5.74) is 6.57. The third kappa shape index (κ3) is 1.62. The Hall–Kier alpha value is -0.0800. The van der Waals surface area contributed by atoms with Gasteiger partial charge in [-0.2, -0.15) is 0 Å². The Labute approximate surface area is 80.8 Å². The molecule has 2 fully saturated rings. The lowest BCUT2D eigenvalue weighted by Gasteiger charge is -2.34. The van der Waals surface area contributed by atoms with Crippen molar-refractivity contribution in [3.05, 3.63) is 0 Å². The van der Waals surface area contributed by atoms with Gasteiger partial charge in [0.25, 0.3) is 0 Å². The molecular weight excluding hydrogens is 162 g/mol. The highest BCUT2D eigenvalue weighted by Gasteiger charge is 2.43. The van der Waals surface area contributed by atoms with Gasteiger partial charge in [0.1, 0.15) is 0 Å². The Balaban J connectivity index is 2.05. The van der Waals surface area contributed by atoms with Crippen LogP contribution in [0.4, 0.5) is 0 Å². The first-order chi connectivity index (χ1) is 6.26. The summed E-state index contributed by atoms with van der Waals surface area (Å²) < 4.78 is 5.52. The molecule has 0 bridgehead atoms. The van der Waals surface area contributed by atoms with Crippen molar-refractivity contribution in [1.29, 1.82) is 0 Å².